The summed E-state index contributed by atoms with van der Waals surface area (Å²) in [6.07, 6.45) is 1.45. The molecule has 0 radical (unpaired) electrons. The number of carbonyl (C=O) groups excluding carboxylic acids is 1. The van der Waals surface area contributed by atoms with Gasteiger partial charge in [-0.15, -0.1) is 0 Å². The molecule has 0 fully saturated rings. The van der Waals surface area contributed by atoms with Gasteiger partial charge in [0.2, 0.25) is 6.79 Å². The molecular weight excluding hydrogens is 222 g/mol. The maximum Gasteiger partial charge on any atom is 0.291 e. The van der Waals surface area contributed by atoms with Crippen molar-refractivity contribution < 1.29 is 18.7 Å². The first-order valence-electron chi connectivity index (χ1n) is 5.07. The monoisotopic (exact) mass is 231 g/mol. The van der Waals surface area contributed by atoms with E-state index in [1.54, 1.807) is 30.3 Å². The molecule has 1 N–H and O–H groups in total. The van der Waals surface area contributed by atoms with Crippen molar-refractivity contribution >= 4 is 11.6 Å². The quantitative estimate of drug-likeness (QED) is 0.861. The number of hydrogen-bond donors (Lipinski definition) is 1. The Morgan fingerprint density at radius 1 is 1.18 bits per heavy atom. The van der Waals surface area contributed by atoms with Crippen molar-refractivity contribution in [3.05, 3.63) is 42.4 Å². The molecule has 3 rings (SSSR count). The first kappa shape index (κ1) is 9.77. The van der Waals surface area contributed by atoms with Gasteiger partial charge in [0.25, 0.3) is 5.91 Å². The molecule has 1 amide bonds. The molecule has 0 bridgehead atoms. The number of fused-ring (bicyclic) bond motifs is 1. The molecule has 1 aromatic carbocycles. The molecule has 2 heterocycles. The highest BCUT2D eigenvalue weighted by atomic mass is 16.7. The molecular formula is C12H9NO4. The smallest absolute Gasteiger partial charge is 0.291 e. The second kappa shape index (κ2) is 3.86. The molecule has 5 nitrogen and oxygen atoms in total. The van der Waals surface area contributed by atoms with Crippen LogP contribution in [0.2, 0.25) is 0 Å². The van der Waals surface area contributed by atoms with Crippen molar-refractivity contribution in [2.75, 3.05) is 12.1 Å². The van der Waals surface area contributed by atoms with E-state index in [2.05, 4.69) is 5.32 Å². The average Bonchev–Trinajstić information content (AvgIpc) is 2.99. The fourth-order valence-electron chi connectivity index (χ4n) is 1.57. The van der Waals surface area contributed by atoms with Crippen LogP contribution in [0.4, 0.5) is 5.69 Å². The lowest BCUT2D eigenvalue weighted by atomic mass is 10.2. The molecule has 0 saturated carbocycles. The van der Waals surface area contributed by atoms with Crippen LogP contribution in [-0.2, 0) is 0 Å². The Bertz CT molecular complexity index is 548. The fraction of sp³-hybridized carbons (Fsp3) is 0.0833. The SMILES string of the molecule is O=C(Nc1ccc2c(c1)OCO2)c1ccco1. The molecule has 86 valence electrons. The van der Waals surface area contributed by atoms with Crippen molar-refractivity contribution in [3.8, 4) is 11.5 Å². The summed E-state index contributed by atoms with van der Waals surface area (Å²) in [5.74, 6) is 1.28. The van der Waals surface area contributed by atoms with Gasteiger partial charge in [-0.2, -0.15) is 0 Å². The van der Waals surface area contributed by atoms with Gasteiger partial charge in [0.1, 0.15) is 0 Å². The number of nitrogens with one attached hydrogen (secondary N) is 1. The summed E-state index contributed by atoms with van der Waals surface area (Å²) in [4.78, 5) is 11.7. The van der Waals surface area contributed by atoms with Gasteiger partial charge in [0.05, 0.1) is 6.26 Å². The first-order valence-corrected chi connectivity index (χ1v) is 5.07. The zero-order valence-corrected chi connectivity index (χ0v) is 8.80. The van der Waals surface area contributed by atoms with E-state index in [0.717, 1.165) is 0 Å². The number of hydrogen-bond acceptors (Lipinski definition) is 4. The van der Waals surface area contributed by atoms with Crippen LogP contribution in [0.25, 0.3) is 0 Å². The molecule has 17 heavy (non-hydrogen) atoms. The van der Waals surface area contributed by atoms with Gasteiger partial charge in [0, 0.05) is 11.8 Å². The van der Waals surface area contributed by atoms with Crippen molar-refractivity contribution in [2.45, 2.75) is 0 Å². The second-order valence-corrected chi connectivity index (χ2v) is 3.50. The van der Waals surface area contributed by atoms with E-state index in [1.807, 2.05) is 0 Å². The van der Waals surface area contributed by atoms with E-state index in [1.165, 1.54) is 6.26 Å². The standard InChI is InChI=1S/C12H9NO4/c14-12(10-2-1-5-15-10)13-8-3-4-9-11(6-8)17-7-16-9/h1-6H,7H2,(H,13,14). The number of ether oxygens (including phenoxy) is 2. The molecule has 1 aliphatic heterocycles. The van der Waals surface area contributed by atoms with Crippen LogP contribution in [0.15, 0.2) is 41.0 Å². The van der Waals surface area contributed by atoms with E-state index in [-0.39, 0.29) is 18.5 Å². The van der Waals surface area contributed by atoms with Crippen molar-refractivity contribution in [1.29, 1.82) is 0 Å². The minimum Gasteiger partial charge on any atom is -0.459 e. The molecule has 0 unspecified atom stereocenters. The van der Waals surface area contributed by atoms with Gasteiger partial charge in [-0.1, -0.05) is 0 Å². The fourth-order valence-corrected chi connectivity index (χ4v) is 1.57. The van der Waals surface area contributed by atoms with Crippen LogP contribution in [0, 0.1) is 0 Å². The van der Waals surface area contributed by atoms with Crippen molar-refractivity contribution in [3.63, 3.8) is 0 Å². The van der Waals surface area contributed by atoms with Crippen LogP contribution < -0.4 is 14.8 Å². The van der Waals surface area contributed by atoms with Gasteiger partial charge in [0.15, 0.2) is 17.3 Å². The Kier molecular flexibility index (Phi) is 2.22. The highest BCUT2D eigenvalue weighted by Crippen LogP contribution is 2.34. The van der Waals surface area contributed by atoms with E-state index in [9.17, 15) is 4.79 Å². The maximum atomic E-state index is 11.7. The third kappa shape index (κ3) is 1.82. The number of benzene rings is 1. The van der Waals surface area contributed by atoms with Crippen LogP contribution >= 0.6 is 0 Å². The van der Waals surface area contributed by atoms with Gasteiger partial charge in [-0.25, -0.2) is 0 Å². The van der Waals surface area contributed by atoms with Crippen LogP contribution in [0.1, 0.15) is 10.6 Å². The normalized spacial score (nSPS) is 12.5. The third-order valence-electron chi connectivity index (χ3n) is 2.38. The lowest BCUT2D eigenvalue weighted by Gasteiger charge is -2.04. The highest BCUT2D eigenvalue weighted by molar-refractivity contribution is 6.02. The summed E-state index contributed by atoms with van der Waals surface area (Å²) in [5, 5.41) is 2.71. The number of rotatable bonds is 2. The lowest BCUT2D eigenvalue weighted by Crippen LogP contribution is -2.10. The third-order valence-corrected chi connectivity index (χ3v) is 2.38. The van der Waals surface area contributed by atoms with Crippen LogP contribution in [0.3, 0.4) is 0 Å². The summed E-state index contributed by atoms with van der Waals surface area (Å²) in [5.41, 5.74) is 0.635. The predicted octanol–water partition coefficient (Wildman–Crippen LogP) is 2.26. The van der Waals surface area contributed by atoms with Gasteiger partial charge >= 0.3 is 0 Å². The summed E-state index contributed by atoms with van der Waals surface area (Å²) < 4.78 is 15.4. The first-order chi connectivity index (χ1) is 8.33. The molecule has 0 saturated heterocycles. The number of amides is 1. The van der Waals surface area contributed by atoms with Gasteiger partial charge < -0.3 is 19.2 Å². The van der Waals surface area contributed by atoms with E-state index < -0.39 is 0 Å². The summed E-state index contributed by atoms with van der Waals surface area (Å²) in [6.45, 7) is 0.213. The summed E-state index contributed by atoms with van der Waals surface area (Å²) in [6, 6.07) is 8.47. The Morgan fingerprint density at radius 2 is 2.06 bits per heavy atom. The van der Waals surface area contributed by atoms with E-state index >= 15 is 0 Å². The highest BCUT2D eigenvalue weighted by Gasteiger charge is 2.15. The van der Waals surface area contributed by atoms with Crippen LogP contribution in [0.5, 0.6) is 11.5 Å². The Balaban J connectivity index is 1.80. The Hall–Kier alpha value is -2.43. The van der Waals surface area contributed by atoms with Crippen molar-refractivity contribution in [1.82, 2.24) is 0 Å². The molecule has 5 heteroatoms. The Morgan fingerprint density at radius 3 is 2.88 bits per heavy atom. The topological polar surface area (TPSA) is 60.7 Å². The molecule has 0 aliphatic carbocycles. The minimum absolute atomic E-state index is 0.213. The zero-order chi connectivity index (χ0) is 11.7. The molecule has 0 atom stereocenters. The largest absolute Gasteiger partial charge is 0.459 e. The molecule has 1 aromatic heterocycles. The number of furan rings is 1. The predicted molar refractivity (Wildman–Crippen MR) is 59.2 cm³/mol. The average molecular weight is 231 g/mol. The minimum atomic E-state index is -0.297. The Labute approximate surface area is 96.9 Å². The molecule has 1 aliphatic rings. The van der Waals surface area contributed by atoms with Gasteiger partial charge in [-0.05, 0) is 24.3 Å². The lowest BCUT2D eigenvalue weighted by molar-refractivity contribution is 0.0996. The van der Waals surface area contributed by atoms with Gasteiger partial charge in [-0.3, -0.25) is 4.79 Å². The van der Waals surface area contributed by atoms with E-state index in [0.29, 0.717) is 17.2 Å². The van der Waals surface area contributed by atoms with Crippen molar-refractivity contribution in [2.24, 2.45) is 0 Å². The number of anilines is 1. The summed E-state index contributed by atoms with van der Waals surface area (Å²) >= 11 is 0. The van der Waals surface area contributed by atoms with E-state index in [4.69, 9.17) is 13.9 Å². The molecule has 2 aromatic rings. The zero-order valence-electron chi connectivity index (χ0n) is 8.80. The van der Waals surface area contributed by atoms with Crippen LogP contribution in [-0.4, -0.2) is 12.7 Å². The second-order valence-electron chi connectivity index (χ2n) is 3.50. The maximum absolute atomic E-state index is 11.7. The molecule has 0 spiro atoms. The number of carbonyl (C=O) groups is 1. The summed E-state index contributed by atoms with van der Waals surface area (Å²) in [7, 11) is 0.